The summed E-state index contributed by atoms with van der Waals surface area (Å²) in [5.74, 6) is 0.911. The van der Waals surface area contributed by atoms with Crippen molar-refractivity contribution in [1.82, 2.24) is 5.32 Å². The predicted molar refractivity (Wildman–Crippen MR) is 116 cm³/mol. The molecule has 3 rings (SSSR count). The Balaban J connectivity index is 1.57. The zero-order chi connectivity index (χ0) is 19.8. The summed E-state index contributed by atoms with van der Waals surface area (Å²) < 4.78 is 0. The molecule has 0 heterocycles. The van der Waals surface area contributed by atoms with Gasteiger partial charge in [0.1, 0.15) is 0 Å². The summed E-state index contributed by atoms with van der Waals surface area (Å²) in [5, 5.41) is 3.06. The molecule has 1 aliphatic rings. The average molecular weight is 397 g/mol. The van der Waals surface area contributed by atoms with E-state index in [1.165, 1.54) is 43.9 Å². The molecule has 0 spiro atoms. The molecule has 0 aromatic heterocycles. The van der Waals surface area contributed by atoms with E-state index in [1.807, 2.05) is 54.6 Å². The van der Waals surface area contributed by atoms with E-state index in [2.05, 4.69) is 5.32 Å². The minimum absolute atomic E-state index is 0.0363. The smallest absolute Gasteiger partial charge is 0.259 e. The number of benzene rings is 2. The number of thioether (sulfide) groups is 1. The molecule has 2 aromatic rings. The number of nitrogens with zero attached hydrogens (tertiary/aromatic N) is 1. The topological polar surface area (TPSA) is 49.4 Å². The summed E-state index contributed by atoms with van der Waals surface area (Å²) in [4.78, 5) is 27.7. The van der Waals surface area contributed by atoms with E-state index in [4.69, 9.17) is 0 Å². The quantitative estimate of drug-likeness (QED) is 0.687. The standard InChI is InChI=1S/C23H28N2O2S/c1-25(19-12-6-3-7-13-19)23(27)20-14-8-9-15-21(20)28-17-22(26)24-16-18-10-4-2-5-11-18/h3,6-9,12-15,18H,2,4-5,10-11,16-17H2,1H3,(H,24,26). The molecule has 1 aliphatic carbocycles. The third-order valence-corrected chi connectivity index (χ3v) is 6.31. The van der Waals surface area contributed by atoms with Crippen LogP contribution in [0.2, 0.25) is 0 Å². The molecule has 1 fully saturated rings. The second-order valence-electron chi connectivity index (χ2n) is 7.29. The number of rotatable bonds is 7. The van der Waals surface area contributed by atoms with Crippen molar-refractivity contribution in [1.29, 1.82) is 0 Å². The van der Waals surface area contributed by atoms with Gasteiger partial charge in [-0.05, 0) is 43.0 Å². The Morgan fingerprint density at radius 1 is 1.00 bits per heavy atom. The second kappa shape index (κ2) is 10.3. The second-order valence-corrected chi connectivity index (χ2v) is 8.31. The molecule has 28 heavy (non-hydrogen) atoms. The fraction of sp³-hybridized carbons (Fsp3) is 0.391. The van der Waals surface area contributed by atoms with Gasteiger partial charge in [0, 0.05) is 24.2 Å². The van der Waals surface area contributed by atoms with Crippen LogP contribution < -0.4 is 10.2 Å². The summed E-state index contributed by atoms with van der Waals surface area (Å²) in [6.07, 6.45) is 6.31. The van der Waals surface area contributed by atoms with Gasteiger partial charge in [-0.25, -0.2) is 0 Å². The molecule has 5 heteroatoms. The molecule has 1 saturated carbocycles. The van der Waals surface area contributed by atoms with E-state index in [0.29, 0.717) is 17.2 Å². The normalized spacial score (nSPS) is 14.5. The minimum Gasteiger partial charge on any atom is -0.355 e. The zero-order valence-corrected chi connectivity index (χ0v) is 17.2. The fourth-order valence-electron chi connectivity index (χ4n) is 3.56. The first-order chi connectivity index (χ1) is 13.6. The minimum atomic E-state index is -0.0723. The van der Waals surface area contributed by atoms with Crippen molar-refractivity contribution >= 4 is 29.3 Å². The van der Waals surface area contributed by atoms with Gasteiger partial charge in [0.15, 0.2) is 0 Å². The maximum Gasteiger partial charge on any atom is 0.259 e. The number of nitrogens with one attached hydrogen (secondary N) is 1. The van der Waals surface area contributed by atoms with Crippen LogP contribution in [0.1, 0.15) is 42.5 Å². The number of carbonyl (C=O) groups is 2. The number of carbonyl (C=O) groups excluding carboxylic acids is 2. The third-order valence-electron chi connectivity index (χ3n) is 5.24. The average Bonchev–Trinajstić information content (AvgIpc) is 2.76. The largest absolute Gasteiger partial charge is 0.355 e. The maximum atomic E-state index is 13.0. The van der Waals surface area contributed by atoms with Gasteiger partial charge in [0.2, 0.25) is 5.91 Å². The number of hydrogen-bond donors (Lipinski definition) is 1. The van der Waals surface area contributed by atoms with Crippen molar-refractivity contribution in [3.63, 3.8) is 0 Å². The van der Waals surface area contributed by atoms with Crippen LogP contribution in [0.4, 0.5) is 5.69 Å². The van der Waals surface area contributed by atoms with Gasteiger partial charge in [0.25, 0.3) is 5.91 Å². The number of anilines is 1. The highest BCUT2D eigenvalue weighted by molar-refractivity contribution is 8.00. The van der Waals surface area contributed by atoms with Crippen LogP contribution in [0.25, 0.3) is 0 Å². The molecule has 0 bridgehead atoms. The van der Waals surface area contributed by atoms with Crippen LogP contribution in [0.15, 0.2) is 59.5 Å². The van der Waals surface area contributed by atoms with Crippen LogP contribution in [0.3, 0.4) is 0 Å². The molecular weight excluding hydrogens is 368 g/mol. The van der Waals surface area contributed by atoms with Gasteiger partial charge in [0.05, 0.1) is 11.3 Å². The highest BCUT2D eigenvalue weighted by atomic mass is 32.2. The van der Waals surface area contributed by atoms with Crippen LogP contribution in [0.5, 0.6) is 0 Å². The molecule has 0 saturated heterocycles. The molecule has 0 unspecified atom stereocenters. The van der Waals surface area contributed by atoms with Crippen molar-refractivity contribution in [2.45, 2.75) is 37.0 Å². The molecular formula is C23H28N2O2S. The van der Waals surface area contributed by atoms with Gasteiger partial charge in [-0.15, -0.1) is 11.8 Å². The Morgan fingerprint density at radius 2 is 1.68 bits per heavy atom. The lowest BCUT2D eigenvalue weighted by Crippen LogP contribution is -2.31. The molecule has 1 N–H and O–H groups in total. The lowest BCUT2D eigenvalue weighted by Gasteiger charge is -2.21. The highest BCUT2D eigenvalue weighted by Crippen LogP contribution is 2.26. The number of para-hydroxylation sites is 1. The molecule has 2 amide bonds. The Kier molecular flexibility index (Phi) is 7.54. The van der Waals surface area contributed by atoms with E-state index in [-0.39, 0.29) is 11.8 Å². The lowest BCUT2D eigenvalue weighted by molar-refractivity contribution is -0.118. The molecule has 4 nitrogen and oxygen atoms in total. The number of amides is 2. The first kappa shape index (κ1) is 20.5. The van der Waals surface area contributed by atoms with Crippen molar-refractivity contribution in [3.8, 4) is 0 Å². The molecule has 148 valence electrons. The van der Waals surface area contributed by atoms with Gasteiger partial charge >= 0.3 is 0 Å². The van der Waals surface area contributed by atoms with Crippen molar-refractivity contribution in [3.05, 3.63) is 60.2 Å². The fourth-order valence-corrected chi connectivity index (χ4v) is 4.44. The van der Waals surface area contributed by atoms with Crippen molar-refractivity contribution in [2.75, 3.05) is 24.2 Å². The summed E-state index contributed by atoms with van der Waals surface area (Å²) >= 11 is 1.42. The van der Waals surface area contributed by atoms with E-state index in [1.54, 1.807) is 11.9 Å². The Bertz CT molecular complexity index is 788. The first-order valence-electron chi connectivity index (χ1n) is 9.97. The van der Waals surface area contributed by atoms with Crippen LogP contribution in [0, 0.1) is 5.92 Å². The molecule has 0 radical (unpaired) electrons. The van der Waals surface area contributed by atoms with E-state index >= 15 is 0 Å². The van der Waals surface area contributed by atoms with Crippen LogP contribution in [-0.4, -0.2) is 31.2 Å². The lowest BCUT2D eigenvalue weighted by atomic mass is 9.89. The van der Waals surface area contributed by atoms with Gasteiger partial charge in [-0.1, -0.05) is 49.6 Å². The van der Waals surface area contributed by atoms with Crippen LogP contribution in [-0.2, 0) is 4.79 Å². The predicted octanol–water partition coefficient (Wildman–Crippen LogP) is 4.75. The van der Waals surface area contributed by atoms with Crippen LogP contribution >= 0.6 is 11.8 Å². The summed E-state index contributed by atoms with van der Waals surface area (Å²) in [5.41, 5.74) is 1.47. The monoisotopic (exact) mass is 396 g/mol. The third kappa shape index (κ3) is 5.61. The van der Waals surface area contributed by atoms with E-state index in [0.717, 1.165) is 17.1 Å². The van der Waals surface area contributed by atoms with Gasteiger partial charge in [-0.2, -0.15) is 0 Å². The molecule has 0 atom stereocenters. The van der Waals surface area contributed by atoms with E-state index < -0.39 is 0 Å². The zero-order valence-electron chi connectivity index (χ0n) is 16.4. The molecule has 2 aromatic carbocycles. The highest BCUT2D eigenvalue weighted by Gasteiger charge is 2.18. The van der Waals surface area contributed by atoms with Crippen molar-refractivity contribution in [2.24, 2.45) is 5.92 Å². The van der Waals surface area contributed by atoms with Gasteiger partial charge in [-0.3, -0.25) is 9.59 Å². The Labute approximate surface area is 171 Å². The van der Waals surface area contributed by atoms with Crippen molar-refractivity contribution < 1.29 is 9.59 Å². The molecule has 0 aliphatic heterocycles. The Morgan fingerprint density at radius 3 is 2.43 bits per heavy atom. The van der Waals surface area contributed by atoms with Gasteiger partial charge < -0.3 is 10.2 Å². The summed E-state index contributed by atoms with van der Waals surface area (Å²) in [7, 11) is 1.77. The Hall–Kier alpha value is -2.27. The maximum absolute atomic E-state index is 13.0. The summed E-state index contributed by atoms with van der Waals surface area (Å²) in [6, 6.07) is 17.1. The van der Waals surface area contributed by atoms with E-state index in [9.17, 15) is 9.59 Å². The number of hydrogen-bond acceptors (Lipinski definition) is 3. The first-order valence-corrected chi connectivity index (χ1v) is 11.0. The SMILES string of the molecule is CN(C(=O)c1ccccc1SCC(=O)NCC1CCCCC1)c1ccccc1. The summed E-state index contributed by atoms with van der Waals surface area (Å²) in [6.45, 7) is 0.775.